The van der Waals surface area contributed by atoms with Crippen LogP contribution in [0.1, 0.15) is 17.5 Å². The molecule has 3 aromatic rings. The van der Waals surface area contributed by atoms with E-state index in [1.165, 1.54) is 0 Å². The van der Waals surface area contributed by atoms with E-state index in [1.54, 1.807) is 17.5 Å². The lowest BCUT2D eigenvalue weighted by Gasteiger charge is -2.07. The van der Waals surface area contributed by atoms with E-state index in [2.05, 4.69) is 43.7 Å². The number of nitrogens with zero attached hydrogens (tertiary/aromatic N) is 1. The molecule has 5 heteroatoms. The van der Waals surface area contributed by atoms with E-state index in [4.69, 9.17) is 0 Å². The van der Waals surface area contributed by atoms with Crippen LogP contribution in [0.15, 0.2) is 64.0 Å². The van der Waals surface area contributed by atoms with Gasteiger partial charge < -0.3 is 5.32 Å². The summed E-state index contributed by atoms with van der Waals surface area (Å²) in [4.78, 5) is 16.3. The molecule has 1 aromatic carbocycles. The van der Waals surface area contributed by atoms with Crippen molar-refractivity contribution in [1.82, 2.24) is 10.3 Å². The molecule has 122 valence electrons. The lowest BCUT2D eigenvalue weighted by molar-refractivity contribution is -0.121. The summed E-state index contributed by atoms with van der Waals surface area (Å²) in [6.07, 6.45) is 4.87. The number of halogens is 1. The average molecular weight is 401 g/mol. The molecular weight excluding hydrogens is 384 g/mol. The molecule has 1 amide bonds. The van der Waals surface area contributed by atoms with Gasteiger partial charge in [-0.25, -0.2) is 0 Å². The minimum atomic E-state index is 0.0545. The van der Waals surface area contributed by atoms with Crippen LogP contribution in [0.4, 0.5) is 0 Å². The van der Waals surface area contributed by atoms with Crippen molar-refractivity contribution in [3.63, 3.8) is 0 Å². The van der Waals surface area contributed by atoms with Gasteiger partial charge in [-0.05, 0) is 58.1 Å². The molecule has 0 bridgehead atoms. The summed E-state index contributed by atoms with van der Waals surface area (Å²) in [6, 6.07) is 12.2. The summed E-state index contributed by atoms with van der Waals surface area (Å²) >= 11 is 5.08. The first kappa shape index (κ1) is 16.9. The SMILES string of the molecule is O=C(CCc1ccc(Br)cc1)NCc1cncc(-c2ccsc2)c1. The number of nitrogens with one attached hydrogen (secondary N) is 1. The topological polar surface area (TPSA) is 42.0 Å². The number of aryl methyl sites for hydroxylation is 1. The van der Waals surface area contributed by atoms with Crippen molar-refractivity contribution in [1.29, 1.82) is 0 Å². The highest BCUT2D eigenvalue weighted by atomic mass is 79.9. The maximum Gasteiger partial charge on any atom is 0.220 e. The fourth-order valence-corrected chi connectivity index (χ4v) is 3.30. The predicted molar refractivity (Wildman–Crippen MR) is 102 cm³/mol. The summed E-state index contributed by atoms with van der Waals surface area (Å²) in [5.41, 5.74) is 4.42. The maximum atomic E-state index is 12.0. The minimum absolute atomic E-state index is 0.0545. The lowest BCUT2D eigenvalue weighted by Crippen LogP contribution is -2.23. The first-order valence-electron chi connectivity index (χ1n) is 7.68. The molecule has 0 saturated heterocycles. The number of carbonyl (C=O) groups excluding carboxylic acids is 1. The summed E-state index contributed by atoms with van der Waals surface area (Å²) in [5, 5.41) is 7.11. The highest BCUT2D eigenvalue weighted by Gasteiger charge is 2.05. The molecule has 0 aliphatic carbocycles. The van der Waals surface area contributed by atoms with Gasteiger partial charge in [0.15, 0.2) is 0 Å². The number of amides is 1. The Hall–Kier alpha value is -1.98. The quantitative estimate of drug-likeness (QED) is 0.644. The number of thiophene rings is 1. The van der Waals surface area contributed by atoms with Crippen LogP contribution in [0.5, 0.6) is 0 Å². The van der Waals surface area contributed by atoms with E-state index >= 15 is 0 Å². The van der Waals surface area contributed by atoms with Gasteiger partial charge in [0.05, 0.1) is 0 Å². The molecule has 2 aromatic heterocycles. The molecule has 0 radical (unpaired) electrons. The van der Waals surface area contributed by atoms with Gasteiger partial charge in [0.2, 0.25) is 5.91 Å². The van der Waals surface area contributed by atoms with Gasteiger partial charge in [-0.1, -0.05) is 28.1 Å². The van der Waals surface area contributed by atoms with Crippen LogP contribution in [-0.2, 0) is 17.8 Å². The van der Waals surface area contributed by atoms with Crippen molar-refractivity contribution in [3.8, 4) is 11.1 Å². The molecule has 0 saturated carbocycles. The third-order valence-electron chi connectivity index (χ3n) is 3.69. The number of benzene rings is 1. The van der Waals surface area contributed by atoms with Gasteiger partial charge in [-0.2, -0.15) is 11.3 Å². The Kier molecular flexibility index (Phi) is 5.77. The fourth-order valence-electron chi connectivity index (χ4n) is 2.37. The number of carbonyl (C=O) groups is 1. The summed E-state index contributed by atoms with van der Waals surface area (Å²) in [5.74, 6) is 0.0545. The Labute approximate surface area is 153 Å². The molecule has 3 nitrogen and oxygen atoms in total. The summed E-state index contributed by atoms with van der Waals surface area (Å²) in [6.45, 7) is 0.504. The van der Waals surface area contributed by atoms with Gasteiger partial charge in [-0.3, -0.25) is 9.78 Å². The van der Waals surface area contributed by atoms with E-state index in [0.29, 0.717) is 13.0 Å². The maximum absolute atomic E-state index is 12.0. The van der Waals surface area contributed by atoms with Gasteiger partial charge in [0.1, 0.15) is 0 Å². The van der Waals surface area contributed by atoms with E-state index < -0.39 is 0 Å². The normalized spacial score (nSPS) is 10.5. The molecule has 2 heterocycles. The van der Waals surface area contributed by atoms with E-state index in [9.17, 15) is 4.79 Å². The second-order valence-electron chi connectivity index (χ2n) is 5.50. The van der Waals surface area contributed by atoms with Crippen LogP contribution in [0.3, 0.4) is 0 Å². The monoisotopic (exact) mass is 400 g/mol. The lowest BCUT2D eigenvalue weighted by atomic mass is 10.1. The number of hydrogen-bond donors (Lipinski definition) is 1. The average Bonchev–Trinajstić information content (AvgIpc) is 3.14. The zero-order valence-corrected chi connectivity index (χ0v) is 15.4. The van der Waals surface area contributed by atoms with Crippen molar-refractivity contribution >= 4 is 33.2 Å². The van der Waals surface area contributed by atoms with Crippen LogP contribution in [0.2, 0.25) is 0 Å². The summed E-state index contributed by atoms with van der Waals surface area (Å²) in [7, 11) is 0. The largest absolute Gasteiger partial charge is 0.352 e. The second-order valence-corrected chi connectivity index (χ2v) is 7.19. The van der Waals surface area contributed by atoms with Crippen LogP contribution >= 0.6 is 27.3 Å². The standard InChI is InChI=1S/C19H17BrN2OS/c20-18-4-1-14(2-5-18)3-6-19(23)22-11-15-9-17(12-21-10-15)16-7-8-24-13-16/h1-2,4-5,7-10,12-13H,3,6,11H2,(H,22,23). The van der Waals surface area contributed by atoms with Gasteiger partial charge >= 0.3 is 0 Å². The molecule has 0 aliphatic heterocycles. The minimum Gasteiger partial charge on any atom is -0.352 e. The molecule has 0 aliphatic rings. The third kappa shape index (κ3) is 4.76. The molecular formula is C19H17BrN2OS. The van der Waals surface area contributed by atoms with Crippen molar-refractivity contribution < 1.29 is 4.79 Å². The van der Waals surface area contributed by atoms with E-state index in [1.807, 2.05) is 35.8 Å². The second kappa shape index (κ2) is 8.22. The van der Waals surface area contributed by atoms with Crippen molar-refractivity contribution in [2.24, 2.45) is 0 Å². The Morgan fingerprint density at radius 2 is 1.92 bits per heavy atom. The first-order valence-corrected chi connectivity index (χ1v) is 9.42. The highest BCUT2D eigenvalue weighted by molar-refractivity contribution is 9.10. The number of rotatable bonds is 6. The van der Waals surface area contributed by atoms with E-state index in [0.717, 1.165) is 33.1 Å². The van der Waals surface area contributed by atoms with Crippen molar-refractivity contribution in [2.45, 2.75) is 19.4 Å². The van der Waals surface area contributed by atoms with Crippen molar-refractivity contribution in [3.05, 3.63) is 75.2 Å². The number of aromatic nitrogens is 1. The molecule has 1 N–H and O–H groups in total. The van der Waals surface area contributed by atoms with Gasteiger partial charge in [-0.15, -0.1) is 0 Å². The van der Waals surface area contributed by atoms with E-state index in [-0.39, 0.29) is 5.91 Å². The first-order chi connectivity index (χ1) is 11.7. The van der Waals surface area contributed by atoms with Gasteiger partial charge in [0.25, 0.3) is 0 Å². The van der Waals surface area contributed by atoms with Crippen LogP contribution in [0.25, 0.3) is 11.1 Å². The smallest absolute Gasteiger partial charge is 0.220 e. The number of hydrogen-bond acceptors (Lipinski definition) is 3. The van der Waals surface area contributed by atoms with Crippen LogP contribution in [-0.4, -0.2) is 10.9 Å². The van der Waals surface area contributed by atoms with Crippen LogP contribution in [0, 0.1) is 0 Å². The zero-order valence-electron chi connectivity index (χ0n) is 13.0. The molecule has 24 heavy (non-hydrogen) atoms. The van der Waals surface area contributed by atoms with Gasteiger partial charge in [0, 0.05) is 35.4 Å². The Bertz CT molecular complexity index is 800. The Morgan fingerprint density at radius 1 is 1.08 bits per heavy atom. The Morgan fingerprint density at radius 3 is 2.67 bits per heavy atom. The molecule has 0 unspecified atom stereocenters. The fraction of sp³-hybridized carbons (Fsp3) is 0.158. The van der Waals surface area contributed by atoms with Crippen molar-refractivity contribution in [2.75, 3.05) is 0 Å². The Balaban J connectivity index is 1.51. The summed E-state index contributed by atoms with van der Waals surface area (Å²) < 4.78 is 1.05. The molecule has 0 fully saturated rings. The molecule has 0 spiro atoms. The number of pyridine rings is 1. The highest BCUT2D eigenvalue weighted by Crippen LogP contribution is 2.21. The zero-order chi connectivity index (χ0) is 16.8. The van der Waals surface area contributed by atoms with Crippen LogP contribution < -0.4 is 5.32 Å². The molecule has 0 atom stereocenters. The molecule has 3 rings (SSSR count). The third-order valence-corrected chi connectivity index (χ3v) is 4.90. The predicted octanol–water partition coefficient (Wildman–Crippen LogP) is 4.82.